The van der Waals surface area contributed by atoms with Crippen LogP contribution in [0.1, 0.15) is 75.0 Å². The van der Waals surface area contributed by atoms with Crippen molar-refractivity contribution in [1.29, 1.82) is 0 Å². The minimum Gasteiger partial charge on any atom is -0.493 e. The van der Waals surface area contributed by atoms with Gasteiger partial charge in [0.25, 0.3) is 5.69 Å². The minimum atomic E-state index is -0.357. The molecule has 5 nitrogen and oxygen atoms in total. The average Bonchev–Trinajstić information content (AvgIpc) is 2.73. The van der Waals surface area contributed by atoms with Crippen LogP contribution in [-0.4, -0.2) is 11.5 Å². The lowest BCUT2D eigenvalue weighted by Gasteiger charge is -2.14. The van der Waals surface area contributed by atoms with Gasteiger partial charge in [0.1, 0.15) is 5.75 Å². The van der Waals surface area contributed by atoms with Crippen LogP contribution in [0.25, 0.3) is 0 Å². The molecule has 2 rings (SSSR count). The van der Waals surface area contributed by atoms with E-state index in [-0.39, 0.29) is 10.6 Å². The highest BCUT2D eigenvalue weighted by atomic mass is 16.6. The summed E-state index contributed by atoms with van der Waals surface area (Å²) in [7, 11) is 0. The summed E-state index contributed by atoms with van der Waals surface area (Å²) in [6, 6.07) is 11.1. The lowest BCUT2D eigenvalue weighted by molar-refractivity contribution is -0.384. The Morgan fingerprint density at radius 1 is 0.933 bits per heavy atom. The van der Waals surface area contributed by atoms with Crippen LogP contribution in [0.5, 0.6) is 5.75 Å². The molecule has 1 N–H and O–H groups in total. The fourth-order valence-corrected chi connectivity index (χ4v) is 3.49. The summed E-state index contributed by atoms with van der Waals surface area (Å²) >= 11 is 0. The van der Waals surface area contributed by atoms with Crippen LogP contribution in [0.3, 0.4) is 0 Å². The summed E-state index contributed by atoms with van der Waals surface area (Å²) in [5, 5.41) is 14.6. The van der Waals surface area contributed by atoms with Gasteiger partial charge in [0, 0.05) is 29.9 Å². The van der Waals surface area contributed by atoms with Gasteiger partial charge in [-0.1, -0.05) is 64.0 Å². The van der Waals surface area contributed by atoms with Crippen molar-refractivity contribution in [3.8, 4) is 5.75 Å². The van der Waals surface area contributed by atoms with Crippen molar-refractivity contribution in [2.45, 2.75) is 78.7 Å². The number of nitro benzene ring substituents is 1. The fraction of sp³-hybridized carbons (Fsp3) is 0.520. The van der Waals surface area contributed by atoms with E-state index in [1.54, 1.807) is 12.1 Å². The number of anilines is 1. The summed E-state index contributed by atoms with van der Waals surface area (Å²) < 4.78 is 6.00. The van der Waals surface area contributed by atoms with E-state index >= 15 is 0 Å². The molecule has 0 atom stereocenters. The fourth-order valence-electron chi connectivity index (χ4n) is 3.49. The summed E-state index contributed by atoms with van der Waals surface area (Å²) in [4.78, 5) is 10.9. The second-order valence-corrected chi connectivity index (χ2v) is 8.04. The van der Waals surface area contributed by atoms with Gasteiger partial charge in [-0.25, -0.2) is 0 Å². The Labute approximate surface area is 181 Å². The first kappa shape index (κ1) is 23.7. The predicted octanol–water partition coefficient (Wildman–Crippen LogP) is 7.34. The maximum Gasteiger partial charge on any atom is 0.270 e. The standard InChI is InChI=1S/C25H36N2O3/c1-4-5-6-7-8-9-10-11-16-30-25-15-14-23(27(28)29)18-22(25)19-26-24-17-20(2)12-13-21(24)3/h12-15,17-18,26H,4-11,16,19H2,1-3H3. The summed E-state index contributed by atoms with van der Waals surface area (Å²) in [5.41, 5.74) is 4.26. The average molecular weight is 413 g/mol. The molecule has 0 fully saturated rings. The normalized spacial score (nSPS) is 10.8. The molecular formula is C25H36N2O3. The Hall–Kier alpha value is -2.56. The predicted molar refractivity (Wildman–Crippen MR) is 124 cm³/mol. The molecule has 0 spiro atoms. The Balaban J connectivity index is 1.90. The first-order chi connectivity index (χ1) is 14.5. The number of ether oxygens (including phenoxy) is 1. The molecule has 0 aliphatic rings. The molecule has 0 saturated carbocycles. The number of non-ortho nitro benzene ring substituents is 1. The van der Waals surface area contributed by atoms with E-state index in [9.17, 15) is 10.1 Å². The van der Waals surface area contributed by atoms with Crippen LogP contribution in [0.15, 0.2) is 36.4 Å². The minimum absolute atomic E-state index is 0.0900. The van der Waals surface area contributed by atoms with Gasteiger partial charge in [-0.2, -0.15) is 0 Å². The summed E-state index contributed by atoms with van der Waals surface area (Å²) in [6.07, 6.45) is 9.99. The van der Waals surface area contributed by atoms with Crippen molar-refractivity contribution >= 4 is 11.4 Å². The van der Waals surface area contributed by atoms with Crippen molar-refractivity contribution in [3.63, 3.8) is 0 Å². The van der Waals surface area contributed by atoms with Crippen molar-refractivity contribution in [1.82, 2.24) is 0 Å². The number of benzene rings is 2. The Morgan fingerprint density at radius 3 is 2.33 bits per heavy atom. The van der Waals surface area contributed by atoms with Crippen LogP contribution in [-0.2, 0) is 6.54 Å². The second-order valence-electron chi connectivity index (χ2n) is 8.04. The molecule has 0 aliphatic carbocycles. The topological polar surface area (TPSA) is 64.4 Å². The second kappa shape index (κ2) is 12.9. The number of rotatable bonds is 14. The third-order valence-corrected chi connectivity index (χ3v) is 5.37. The Bertz CT molecular complexity index is 805. The van der Waals surface area contributed by atoms with Crippen LogP contribution in [0.2, 0.25) is 0 Å². The van der Waals surface area contributed by atoms with E-state index in [0.717, 1.165) is 35.4 Å². The van der Waals surface area contributed by atoms with E-state index in [1.807, 2.05) is 0 Å². The van der Waals surface area contributed by atoms with E-state index in [2.05, 4.69) is 44.3 Å². The largest absolute Gasteiger partial charge is 0.493 e. The van der Waals surface area contributed by atoms with Crippen molar-refractivity contribution in [2.75, 3.05) is 11.9 Å². The number of unbranched alkanes of at least 4 members (excludes halogenated alkanes) is 7. The maximum atomic E-state index is 11.2. The Kier molecular flexibility index (Phi) is 10.2. The monoisotopic (exact) mass is 412 g/mol. The molecule has 0 radical (unpaired) electrons. The number of nitrogens with one attached hydrogen (secondary N) is 1. The summed E-state index contributed by atoms with van der Waals surface area (Å²) in [5.74, 6) is 0.723. The number of aryl methyl sites for hydroxylation is 2. The first-order valence-electron chi connectivity index (χ1n) is 11.2. The summed E-state index contributed by atoms with van der Waals surface area (Å²) in [6.45, 7) is 7.47. The van der Waals surface area contributed by atoms with Gasteiger partial charge < -0.3 is 10.1 Å². The molecule has 0 aliphatic heterocycles. The SMILES string of the molecule is CCCCCCCCCCOc1ccc([N+](=O)[O-])cc1CNc1cc(C)ccc1C. The molecule has 0 heterocycles. The van der Waals surface area contributed by atoms with Gasteiger partial charge in [-0.3, -0.25) is 10.1 Å². The molecule has 2 aromatic rings. The van der Waals surface area contributed by atoms with Crippen molar-refractivity contribution in [3.05, 3.63) is 63.2 Å². The van der Waals surface area contributed by atoms with Gasteiger partial charge in [-0.05, 0) is 43.5 Å². The molecule has 2 aromatic carbocycles. The van der Waals surface area contributed by atoms with Crippen LogP contribution in [0, 0.1) is 24.0 Å². The molecule has 30 heavy (non-hydrogen) atoms. The smallest absolute Gasteiger partial charge is 0.270 e. The van der Waals surface area contributed by atoms with Crippen LogP contribution in [0.4, 0.5) is 11.4 Å². The highest BCUT2D eigenvalue weighted by molar-refractivity contribution is 5.54. The zero-order valence-electron chi connectivity index (χ0n) is 18.7. The molecule has 0 aromatic heterocycles. The highest BCUT2D eigenvalue weighted by Gasteiger charge is 2.12. The number of nitro groups is 1. The van der Waals surface area contributed by atoms with Gasteiger partial charge >= 0.3 is 0 Å². The van der Waals surface area contributed by atoms with Crippen LogP contribution < -0.4 is 10.1 Å². The third kappa shape index (κ3) is 8.05. The number of nitrogens with zero attached hydrogens (tertiary/aromatic N) is 1. The molecule has 5 heteroatoms. The lowest BCUT2D eigenvalue weighted by atomic mass is 10.1. The lowest BCUT2D eigenvalue weighted by Crippen LogP contribution is -2.06. The first-order valence-corrected chi connectivity index (χ1v) is 11.2. The zero-order chi connectivity index (χ0) is 21.8. The highest BCUT2D eigenvalue weighted by Crippen LogP contribution is 2.26. The zero-order valence-corrected chi connectivity index (χ0v) is 18.7. The molecule has 164 valence electrons. The molecule has 0 amide bonds. The number of hydrogen-bond acceptors (Lipinski definition) is 4. The van der Waals surface area contributed by atoms with Gasteiger partial charge in [0.15, 0.2) is 0 Å². The Morgan fingerprint density at radius 2 is 1.63 bits per heavy atom. The van der Waals surface area contributed by atoms with E-state index < -0.39 is 0 Å². The molecule has 0 saturated heterocycles. The molecule has 0 unspecified atom stereocenters. The van der Waals surface area contributed by atoms with Crippen molar-refractivity contribution < 1.29 is 9.66 Å². The van der Waals surface area contributed by atoms with E-state index in [1.165, 1.54) is 50.2 Å². The molecular weight excluding hydrogens is 376 g/mol. The molecule has 0 bridgehead atoms. The van der Waals surface area contributed by atoms with E-state index in [4.69, 9.17) is 4.74 Å². The third-order valence-electron chi connectivity index (χ3n) is 5.37. The van der Waals surface area contributed by atoms with Gasteiger partial charge in [-0.15, -0.1) is 0 Å². The van der Waals surface area contributed by atoms with Crippen molar-refractivity contribution in [2.24, 2.45) is 0 Å². The van der Waals surface area contributed by atoms with Gasteiger partial charge in [0.2, 0.25) is 0 Å². The maximum absolute atomic E-state index is 11.2. The quantitative estimate of drug-likeness (QED) is 0.200. The number of hydrogen-bond donors (Lipinski definition) is 1. The van der Waals surface area contributed by atoms with Crippen LogP contribution >= 0.6 is 0 Å². The van der Waals surface area contributed by atoms with E-state index in [0.29, 0.717) is 13.2 Å². The van der Waals surface area contributed by atoms with Gasteiger partial charge in [0.05, 0.1) is 11.5 Å².